The van der Waals surface area contributed by atoms with Crippen LogP contribution < -0.4 is 10.1 Å². The number of carbonyl (C=O) groups excluding carboxylic acids is 1. The maximum Gasteiger partial charge on any atom is 0.266 e. The van der Waals surface area contributed by atoms with Crippen molar-refractivity contribution in [2.75, 3.05) is 5.32 Å². The molecule has 0 bridgehead atoms. The topological polar surface area (TPSA) is 98.2 Å². The Bertz CT molecular complexity index is 1100. The summed E-state index contributed by atoms with van der Waals surface area (Å²) in [6.07, 6.45) is -0.941. The summed E-state index contributed by atoms with van der Waals surface area (Å²) in [5.41, 5.74) is 0.397. The summed E-state index contributed by atoms with van der Waals surface area (Å²) in [6.45, 7) is 1.48. The van der Waals surface area contributed by atoms with Crippen LogP contribution in [0.15, 0.2) is 52.9 Å². The van der Waals surface area contributed by atoms with Gasteiger partial charge >= 0.3 is 0 Å². The van der Waals surface area contributed by atoms with E-state index in [2.05, 4.69) is 15.5 Å². The first-order valence-electron chi connectivity index (χ1n) is 8.27. The third kappa shape index (κ3) is 5.55. The average molecular weight is 439 g/mol. The number of halogens is 2. The minimum Gasteiger partial charge on any atom is -0.481 e. The van der Waals surface area contributed by atoms with Gasteiger partial charge in [-0.1, -0.05) is 23.5 Å². The highest BCUT2D eigenvalue weighted by molar-refractivity contribution is 7.92. The van der Waals surface area contributed by atoms with Gasteiger partial charge in [0.1, 0.15) is 17.4 Å². The van der Waals surface area contributed by atoms with Gasteiger partial charge in [-0.15, -0.1) is 10.2 Å². The number of hydrogen-bond acceptors (Lipinski definition) is 7. The van der Waals surface area contributed by atoms with Crippen LogP contribution in [0.4, 0.5) is 13.9 Å². The summed E-state index contributed by atoms with van der Waals surface area (Å²) >= 11 is 0.695. The third-order valence-corrected chi connectivity index (χ3v) is 6.64. The van der Waals surface area contributed by atoms with Crippen LogP contribution in [0.3, 0.4) is 0 Å². The number of sulfone groups is 1. The summed E-state index contributed by atoms with van der Waals surface area (Å²) in [6, 6.07) is 10.2. The van der Waals surface area contributed by atoms with Gasteiger partial charge in [0.2, 0.25) is 19.3 Å². The zero-order valence-electron chi connectivity index (χ0n) is 15.0. The standard InChI is InChI=1S/C18H15F2N3O4S2/c1-11(27-15-8-6-14(20)7-9-15)16(24)21-17-22-23-18(28-17)29(25,26)10-12-2-4-13(19)5-3-12/h2-9,11H,10H2,1H3,(H,21,22,24). The molecule has 1 heterocycles. The lowest BCUT2D eigenvalue weighted by molar-refractivity contribution is -0.122. The molecule has 0 radical (unpaired) electrons. The fourth-order valence-electron chi connectivity index (χ4n) is 2.23. The van der Waals surface area contributed by atoms with Crippen molar-refractivity contribution in [3.05, 3.63) is 65.7 Å². The number of nitrogens with zero attached hydrogens (tertiary/aromatic N) is 2. The van der Waals surface area contributed by atoms with E-state index in [1.54, 1.807) is 0 Å². The van der Waals surface area contributed by atoms with Crippen LogP contribution in [0.1, 0.15) is 12.5 Å². The van der Waals surface area contributed by atoms with Crippen LogP contribution in [0.5, 0.6) is 5.75 Å². The molecule has 1 unspecified atom stereocenters. The molecular weight excluding hydrogens is 424 g/mol. The van der Waals surface area contributed by atoms with Crippen molar-refractivity contribution in [2.24, 2.45) is 0 Å². The van der Waals surface area contributed by atoms with Crippen molar-refractivity contribution in [3.8, 4) is 5.75 Å². The molecule has 0 aliphatic heterocycles. The number of amides is 1. The molecule has 0 saturated carbocycles. The number of carbonyl (C=O) groups is 1. The zero-order chi connectivity index (χ0) is 21.0. The van der Waals surface area contributed by atoms with E-state index < -0.39 is 33.5 Å². The lowest BCUT2D eigenvalue weighted by Gasteiger charge is -2.13. The predicted molar refractivity (Wildman–Crippen MR) is 102 cm³/mol. The van der Waals surface area contributed by atoms with Gasteiger partial charge in [-0.25, -0.2) is 17.2 Å². The van der Waals surface area contributed by atoms with Gasteiger partial charge in [0, 0.05) is 0 Å². The Hall–Kier alpha value is -2.92. The first-order chi connectivity index (χ1) is 13.7. The largest absolute Gasteiger partial charge is 0.481 e. The summed E-state index contributed by atoms with van der Waals surface area (Å²) in [4.78, 5) is 12.2. The Kier molecular flexibility index (Phi) is 6.18. The molecule has 0 aliphatic rings. The third-order valence-electron chi connectivity index (χ3n) is 3.67. The molecule has 11 heteroatoms. The van der Waals surface area contributed by atoms with Gasteiger partial charge < -0.3 is 4.74 Å². The second-order valence-electron chi connectivity index (χ2n) is 5.96. The van der Waals surface area contributed by atoms with E-state index in [0.717, 1.165) is 0 Å². The Morgan fingerprint density at radius 1 is 1.07 bits per heavy atom. The number of hydrogen-bond donors (Lipinski definition) is 1. The number of anilines is 1. The minimum atomic E-state index is -3.81. The number of nitrogens with one attached hydrogen (secondary N) is 1. The second kappa shape index (κ2) is 8.62. The normalized spacial score (nSPS) is 12.4. The van der Waals surface area contributed by atoms with Crippen LogP contribution in [0.2, 0.25) is 0 Å². The van der Waals surface area contributed by atoms with Gasteiger partial charge in [-0.05, 0) is 48.9 Å². The quantitative estimate of drug-likeness (QED) is 0.568. The number of ether oxygens (including phenoxy) is 1. The fourth-order valence-corrected chi connectivity index (χ4v) is 4.55. The smallest absolute Gasteiger partial charge is 0.266 e. The molecule has 1 atom stereocenters. The lowest BCUT2D eigenvalue weighted by atomic mass is 10.2. The minimum absolute atomic E-state index is 0.0118. The van der Waals surface area contributed by atoms with Crippen LogP contribution >= 0.6 is 11.3 Å². The van der Waals surface area contributed by atoms with Crippen LogP contribution in [0.25, 0.3) is 0 Å². The van der Waals surface area contributed by atoms with Crippen LogP contribution in [-0.2, 0) is 20.4 Å². The van der Waals surface area contributed by atoms with Crippen LogP contribution in [-0.4, -0.2) is 30.6 Å². The highest BCUT2D eigenvalue weighted by Crippen LogP contribution is 2.24. The molecule has 0 spiro atoms. The van der Waals surface area contributed by atoms with Crippen molar-refractivity contribution in [1.29, 1.82) is 0 Å². The highest BCUT2D eigenvalue weighted by atomic mass is 32.2. The van der Waals surface area contributed by atoms with Crippen molar-refractivity contribution in [2.45, 2.75) is 23.1 Å². The lowest BCUT2D eigenvalue weighted by Crippen LogP contribution is -2.30. The SMILES string of the molecule is CC(Oc1ccc(F)cc1)C(=O)Nc1nnc(S(=O)(=O)Cc2ccc(F)cc2)s1. The molecule has 0 aliphatic carbocycles. The molecule has 152 valence electrons. The summed E-state index contributed by atoms with van der Waals surface area (Å²) in [5, 5.41) is 9.71. The second-order valence-corrected chi connectivity index (χ2v) is 9.10. The molecule has 0 fully saturated rings. The van der Waals surface area contributed by atoms with E-state index in [-0.39, 0.29) is 15.2 Å². The summed E-state index contributed by atoms with van der Waals surface area (Å²) < 4.78 is 55.9. The fraction of sp³-hybridized carbons (Fsp3) is 0.167. The molecular formula is C18H15F2N3O4S2. The molecule has 7 nitrogen and oxygen atoms in total. The van der Waals surface area contributed by atoms with Gasteiger partial charge in [0.25, 0.3) is 5.91 Å². The first-order valence-corrected chi connectivity index (χ1v) is 10.7. The molecule has 3 rings (SSSR count). The molecule has 1 aromatic heterocycles. The molecule has 29 heavy (non-hydrogen) atoms. The van der Waals surface area contributed by atoms with E-state index in [1.807, 2.05) is 0 Å². The van der Waals surface area contributed by atoms with E-state index >= 15 is 0 Å². The molecule has 1 amide bonds. The maximum absolute atomic E-state index is 13.0. The van der Waals surface area contributed by atoms with Gasteiger partial charge in [-0.3, -0.25) is 10.1 Å². The highest BCUT2D eigenvalue weighted by Gasteiger charge is 2.23. The number of rotatable bonds is 7. The Morgan fingerprint density at radius 2 is 1.66 bits per heavy atom. The van der Waals surface area contributed by atoms with Gasteiger partial charge in [0.15, 0.2) is 6.10 Å². The van der Waals surface area contributed by atoms with E-state index in [4.69, 9.17) is 4.74 Å². The van der Waals surface area contributed by atoms with Gasteiger partial charge in [0.05, 0.1) is 5.75 Å². The van der Waals surface area contributed by atoms with Crippen molar-refractivity contribution < 1.29 is 26.7 Å². The van der Waals surface area contributed by atoms with E-state index in [0.29, 0.717) is 22.6 Å². The van der Waals surface area contributed by atoms with Gasteiger partial charge in [-0.2, -0.15) is 0 Å². The average Bonchev–Trinajstić information content (AvgIpc) is 3.15. The van der Waals surface area contributed by atoms with Crippen molar-refractivity contribution >= 4 is 32.2 Å². The van der Waals surface area contributed by atoms with Crippen molar-refractivity contribution in [1.82, 2.24) is 10.2 Å². The molecule has 1 N–H and O–H groups in total. The molecule has 0 saturated heterocycles. The van der Waals surface area contributed by atoms with Crippen molar-refractivity contribution in [3.63, 3.8) is 0 Å². The Labute approximate surface area is 169 Å². The maximum atomic E-state index is 13.0. The first kappa shape index (κ1) is 20.8. The summed E-state index contributed by atoms with van der Waals surface area (Å²) in [5.74, 6) is -1.55. The monoisotopic (exact) mass is 439 g/mol. The van der Waals surface area contributed by atoms with E-state index in [1.165, 1.54) is 55.5 Å². The van der Waals surface area contributed by atoms with E-state index in [9.17, 15) is 22.0 Å². The molecule has 2 aromatic carbocycles. The Morgan fingerprint density at radius 3 is 2.28 bits per heavy atom. The number of aromatic nitrogens is 2. The number of benzene rings is 2. The summed E-state index contributed by atoms with van der Waals surface area (Å²) in [7, 11) is -3.81. The predicted octanol–water partition coefficient (Wildman–Crippen LogP) is 3.20. The van der Waals surface area contributed by atoms with Crippen LogP contribution in [0, 0.1) is 11.6 Å². The Balaban J connectivity index is 1.63. The zero-order valence-corrected chi connectivity index (χ0v) is 16.6. The molecule has 3 aromatic rings.